The van der Waals surface area contributed by atoms with E-state index in [4.69, 9.17) is 12.2 Å². The molecule has 0 fully saturated rings. The zero-order valence-corrected chi connectivity index (χ0v) is 16.4. The van der Waals surface area contributed by atoms with Gasteiger partial charge in [0, 0.05) is 4.88 Å². The Morgan fingerprint density at radius 2 is 1.96 bits per heavy atom. The van der Waals surface area contributed by atoms with Crippen LogP contribution in [0.3, 0.4) is 0 Å². The Bertz CT molecular complexity index is 1050. The molecule has 3 nitrogen and oxygen atoms in total. The first-order valence-corrected chi connectivity index (χ1v) is 9.94. The monoisotopic (exact) mass is 370 g/mol. The van der Waals surface area contributed by atoms with Crippen molar-refractivity contribution < 1.29 is 0 Å². The third-order valence-electron chi connectivity index (χ3n) is 5.34. The standard InChI is InChI=1S/C20H22N2OS2/c1-20(2,3)12-9-10-14-15(11-12)25-17-16(14)18(23)22(19(24)21-17)13-7-5-4-6-8-13/h4-8,12H,9-11H2,1-3H3,(H,21,24)/t12-/m1/s1. The van der Waals surface area contributed by atoms with Gasteiger partial charge in [-0.1, -0.05) is 39.0 Å². The summed E-state index contributed by atoms with van der Waals surface area (Å²) in [5.74, 6) is 0.660. The molecule has 0 spiro atoms. The smallest absolute Gasteiger partial charge is 0.267 e. The van der Waals surface area contributed by atoms with Gasteiger partial charge in [-0.2, -0.15) is 0 Å². The summed E-state index contributed by atoms with van der Waals surface area (Å²) >= 11 is 7.20. The lowest BCUT2D eigenvalue weighted by Crippen LogP contribution is -2.27. The number of fused-ring (bicyclic) bond motifs is 3. The fraction of sp³-hybridized carbons (Fsp3) is 0.400. The Balaban J connectivity index is 1.92. The van der Waals surface area contributed by atoms with Gasteiger partial charge in [0.05, 0.1) is 11.1 Å². The summed E-state index contributed by atoms with van der Waals surface area (Å²) in [6.45, 7) is 6.93. The molecule has 0 saturated heterocycles. The molecule has 3 aromatic rings. The number of H-pyrrole nitrogens is 1. The summed E-state index contributed by atoms with van der Waals surface area (Å²) in [6.07, 6.45) is 3.18. The minimum absolute atomic E-state index is 0.0108. The lowest BCUT2D eigenvalue weighted by atomic mass is 9.72. The van der Waals surface area contributed by atoms with Crippen LogP contribution in [0.4, 0.5) is 0 Å². The van der Waals surface area contributed by atoms with Crippen LogP contribution >= 0.6 is 23.6 Å². The Labute approximate surface area is 156 Å². The van der Waals surface area contributed by atoms with Gasteiger partial charge in [-0.15, -0.1) is 11.3 Å². The molecule has 2 heterocycles. The third-order valence-corrected chi connectivity index (χ3v) is 6.80. The highest BCUT2D eigenvalue weighted by atomic mass is 32.1. The molecule has 0 amide bonds. The zero-order valence-electron chi connectivity index (χ0n) is 14.8. The maximum atomic E-state index is 13.2. The van der Waals surface area contributed by atoms with Crippen LogP contribution in [0.5, 0.6) is 0 Å². The largest absolute Gasteiger partial charge is 0.323 e. The molecule has 0 radical (unpaired) electrons. The Hall–Kier alpha value is -1.72. The number of nitrogens with zero attached hydrogens (tertiary/aromatic N) is 1. The number of aromatic amines is 1. The number of aromatic nitrogens is 2. The first kappa shape index (κ1) is 16.7. The fourth-order valence-electron chi connectivity index (χ4n) is 3.81. The van der Waals surface area contributed by atoms with Crippen LogP contribution in [-0.4, -0.2) is 9.55 Å². The summed E-state index contributed by atoms with van der Waals surface area (Å²) in [7, 11) is 0. The van der Waals surface area contributed by atoms with Gasteiger partial charge in [0.25, 0.3) is 5.56 Å². The fourth-order valence-corrected chi connectivity index (χ4v) is 5.48. The number of para-hydroxylation sites is 1. The number of hydrogen-bond acceptors (Lipinski definition) is 3. The van der Waals surface area contributed by atoms with Gasteiger partial charge >= 0.3 is 0 Å². The molecule has 130 valence electrons. The van der Waals surface area contributed by atoms with Crippen LogP contribution in [0.2, 0.25) is 0 Å². The highest BCUT2D eigenvalue weighted by molar-refractivity contribution is 7.71. The molecule has 1 N–H and O–H groups in total. The first-order chi connectivity index (χ1) is 11.9. The molecule has 1 aliphatic rings. The molecular formula is C20H22N2OS2. The van der Waals surface area contributed by atoms with E-state index in [1.807, 2.05) is 30.3 Å². The Kier molecular flexibility index (Phi) is 3.96. The normalized spacial score (nSPS) is 17.6. The predicted octanol–water partition coefficient (Wildman–Crippen LogP) is 5.26. The molecule has 1 atom stereocenters. The average molecular weight is 371 g/mol. The molecule has 2 aromatic heterocycles. The number of thiophene rings is 1. The number of rotatable bonds is 1. The lowest BCUT2D eigenvalue weighted by Gasteiger charge is -2.33. The Morgan fingerprint density at radius 1 is 1.24 bits per heavy atom. The van der Waals surface area contributed by atoms with Crippen molar-refractivity contribution in [2.45, 2.75) is 40.0 Å². The van der Waals surface area contributed by atoms with E-state index < -0.39 is 0 Å². The molecule has 0 bridgehead atoms. The number of benzene rings is 1. The quantitative estimate of drug-likeness (QED) is 0.593. The molecule has 4 rings (SSSR count). The molecule has 0 aliphatic heterocycles. The zero-order chi connectivity index (χ0) is 17.8. The van der Waals surface area contributed by atoms with Crippen molar-refractivity contribution in [1.82, 2.24) is 9.55 Å². The van der Waals surface area contributed by atoms with Gasteiger partial charge in [0.15, 0.2) is 4.77 Å². The second kappa shape index (κ2) is 5.92. The average Bonchev–Trinajstić information content (AvgIpc) is 2.92. The second-order valence-electron chi connectivity index (χ2n) is 7.92. The Morgan fingerprint density at radius 3 is 2.64 bits per heavy atom. The summed E-state index contributed by atoms with van der Waals surface area (Å²) in [5, 5.41) is 0.838. The van der Waals surface area contributed by atoms with Crippen molar-refractivity contribution in [2.75, 3.05) is 0 Å². The number of nitrogens with one attached hydrogen (secondary N) is 1. The van der Waals surface area contributed by atoms with Gasteiger partial charge in [-0.05, 0) is 60.5 Å². The van der Waals surface area contributed by atoms with Crippen molar-refractivity contribution >= 4 is 33.8 Å². The highest BCUT2D eigenvalue weighted by Crippen LogP contribution is 2.42. The van der Waals surface area contributed by atoms with Crippen molar-refractivity contribution in [2.24, 2.45) is 11.3 Å². The van der Waals surface area contributed by atoms with Gasteiger partial charge in [-0.3, -0.25) is 9.36 Å². The molecular weight excluding hydrogens is 348 g/mol. The SMILES string of the molecule is CC(C)(C)[C@@H]1CCc2c(sc3[nH]c(=S)n(-c4ccccc4)c(=O)c23)C1. The van der Waals surface area contributed by atoms with Crippen LogP contribution in [0, 0.1) is 16.1 Å². The molecule has 5 heteroatoms. The maximum Gasteiger partial charge on any atom is 0.267 e. The van der Waals surface area contributed by atoms with Crippen molar-refractivity contribution in [3.05, 3.63) is 55.9 Å². The summed E-state index contributed by atoms with van der Waals surface area (Å²) in [6, 6.07) is 9.64. The molecule has 1 aromatic carbocycles. The number of aryl methyl sites for hydroxylation is 1. The summed E-state index contributed by atoms with van der Waals surface area (Å²) in [4.78, 5) is 18.8. The van der Waals surface area contributed by atoms with E-state index in [0.29, 0.717) is 16.1 Å². The van der Waals surface area contributed by atoms with E-state index in [1.165, 1.54) is 10.4 Å². The molecule has 1 aliphatic carbocycles. The molecule has 25 heavy (non-hydrogen) atoms. The van der Waals surface area contributed by atoms with E-state index in [2.05, 4.69) is 25.8 Å². The highest BCUT2D eigenvalue weighted by Gasteiger charge is 2.31. The van der Waals surface area contributed by atoms with E-state index in [0.717, 1.165) is 35.2 Å². The van der Waals surface area contributed by atoms with Crippen LogP contribution in [0.25, 0.3) is 15.9 Å². The van der Waals surface area contributed by atoms with Crippen LogP contribution < -0.4 is 5.56 Å². The van der Waals surface area contributed by atoms with E-state index in [9.17, 15) is 4.79 Å². The number of hydrogen-bond donors (Lipinski definition) is 1. The van der Waals surface area contributed by atoms with Crippen molar-refractivity contribution in [1.29, 1.82) is 0 Å². The first-order valence-electron chi connectivity index (χ1n) is 8.71. The van der Waals surface area contributed by atoms with Crippen molar-refractivity contribution in [3.63, 3.8) is 0 Å². The van der Waals surface area contributed by atoms with Crippen LogP contribution in [0.1, 0.15) is 37.6 Å². The maximum absolute atomic E-state index is 13.2. The summed E-state index contributed by atoms with van der Waals surface area (Å²) in [5.41, 5.74) is 2.36. The topological polar surface area (TPSA) is 37.8 Å². The van der Waals surface area contributed by atoms with E-state index in [-0.39, 0.29) is 5.56 Å². The second-order valence-corrected chi connectivity index (χ2v) is 9.41. The van der Waals surface area contributed by atoms with Gasteiger partial charge in [0.2, 0.25) is 0 Å². The van der Waals surface area contributed by atoms with Crippen LogP contribution in [0.15, 0.2) is 35.1 Å². The van der Waals surface area contributed by atoms with Gasteiger partial charge in [0.1, 0.15) is 4.83 Å². The minimum atomic E-state index is 0.0108. The summed E-state index contributed by atoms with van der Waals surface area (Å²) < 4.78 is 2.09. The minimum Gasteiger partial charge on any atom is -0.323 e. The third kappa shape index (κ3) is 2.79. The molecule has 0 unspecified atom stereocenters. The lowest BCUT2D eigenvalue weighted by molar-refractivity contribution is 0.218. The van der Waals surface area contributed by atoms with Crippen molar-refractivity contribution in [3.8, 4) is 5.69 Å². The van der Waals surface area contributed by atoms with Gasteiger partial charge < -0.3 is 4.98 Å². The predicted molar refractivity (Wildman–Crippen MR) is 108 cm³/mol. The van der Waals surface area contributed by atoms with Gasteiger partial charge in [-0.25, -0.2) is 0 Å². The van der Waals surface area contributed by atoms with Crippen LogP contribution in [-0.2, 0) is 12.8 Å². The van der Waals surface area contributed by atoms with E-state index in [1.54, 1.807) is 15.9 Å². The molecule has 0 saturated carbocycles. The van der Waals surface area contributed by atoms with E-state index >= 15 is 0 Å².